The van der Waals surface area contributed by atoms with Gasteiger partial charge in [0.15, 0.2) is 0 Å². The molecule has 2 unspecified atom stereocenters. The van der Waals surface area contributed by atoms with Crippen LogP contribution in [-0.4, -0.2) is 48.9 Å². The lowest BCUT2D eigenvalue weighted by molar-refractivity contribution is -0.126. The second kappa shape index (κ2) is 7.40. The number of nitrogens with one attached hydrogen (secondary N) is 2. The van der Waals surface area contributed by atoms with Crippen molar-refractivity contribution in [3.63, 3.8) is 0 Å². The van der Waals surface area contributed by atoms with E-state index in [1.165, 1.54) is 0 Å². The monoisotopic (exact) mass is 303 g/mol. The van der Waals surface area contributed by atoms with Crippen molar-refractivity contribution < 1.29 is 9.59 Å². The van der Waals surface area contributed by atoms with Crippen molar-refractivity contribution in [1.29, 1.82) is 0 Å². The lowest BCUT2D eigenvalue weighted by atomic mass is 10.0. The van der Waals surface area contributed by atoms with Gasteiger partial charge in [0.05, 0.1) is 18.4 Å². The molecule has 0 spiro atoms. The maximum Gasteiger partial charge on any atom is 0.226 e. The van der Waals surface area contributed by atoms with Gasteiger partial charge in [0.25, 0.3) is 0 Å². The Hall–Kier alpha value is -1.88. The van der Waals surface area contributed by atoms with Crippen LogP contribution < -0.4 is 10.6 Å². The summed E-state index contributed by atoms with van der Waals surface area (Å²) in [5, 5.41) is 5.96. The van der Waals surface area contributed by atoms with Crippen LogP contribution >= 0.6 is 0 Å². The number of carbonyl (C=O) groups excluding carboxylic acids is 2. The molecule has 2 atom stereocenters. The van der Waals surface area contributed by atoms with Gasteiger partial charge in [0, 0.05) is 19.1 Å². The summed E-state index contributed by atoms with van der Waals surface area (Å²) in [6, 6.07) is 9.63. The predicted octanol–water partition coefficient (Wildman–Crippen LogP) is 0.800. The second-order valence-corrected chi connectivity index (χ2v) is 6.33. The fraction of sp³-hybridized carbons (Fsp3) is 0.529. The van der Waals surface area contributed by atoms with Crippen LogP contribution in [0.5, 0.6) is 0 Å². The Morgan fingerprint density at radius 2 is 1.91 bits per heavy atom. The van der Waals surface area contributed by atoms with Crippen LogP contribution in [0.3, 0.4) is 0 Å². The molecular weight excluding hydrogens is 278 g/mol. The van der Waals surface area contributed by atoms with E-state index >= 15 is 0 Å². The van der Waals surface area contributed by atoms with Crippen LogP contribution in [0.25, 0.3) is 0 Å². The summed E-state index contributed by atoms with van der Waals surface area (Å²) in [6.07, 6.45) is 0.347. The fourth-order valence-corrected chi connectivity index (χ4v) is 2.84. The molecule has 2 rings (SSSR count). The van der Waals surface area contributed by atoms with Crippen molar-refractivity contribution in [3.8, 4) is 0 Å². The zero-order chi connectivity index (χ0) is 16.1. The Balaban J connectivity index is 1.94. The Morgan fingerprint density at radius 1 is 1.23 bits per heavy atom. The molecule has 0 aliphatic carbocycles. The third-order valence-electron chi connectivity index (χ3n) is 3.82. The summed E-state index contributed by atoms with van der Waals surface area (Å²) in [4.78, 5) is 26.5. The van der Waals surface area contributed by atoms with Crippen LogP contribution in [-0.2, 0) is 16.0 Å². The van der Waals surface area contributed by atoms with E-state index in [4.69, 9.17) is 0 Å². The first-order chi connectivity index (χ1) is 10.5. The topological polar surface area (TPSA) is 61.4 Å². The van der Waals surface area contributed by atoms with E-state index in [0.717, 1.165) is 5.56 Å². The SMILES string of the molecule is CC(C)NC(=O)C1CN(C)CC1NC(=O)Cc1ccccc1. The van der Waals surface area contributed by atoms with E-state index in [-0.39, 0.29) is 29.8 Å². The summed E-state index contributed by atoms with van der Waals surface area (Å²) >= 11 is 0. The minimum atomic E-state index is -0.188. The third-order valence-corrected chi connectivity index (χ3v) is 3.82. The van der Waals surface area contributed by atoms with E-state index in [2.05, 4.69) is 15.5 Å². The zero-order valence-electron chi connectivity index (χ0n) is 13.5. The summed E-state index contributed by atoms with van der Waals surface area (Å²) in [6.45, 7) is 5.27. The number of likely N-dealkylation sites (tertiary alicyclic amines) is 1. The highest BCUT2D eigenvalue weighted by Gasteiger charge is 2.36. The van der Waals surface area contributed by atoms with Gasteiger partial charge in [-0.2, -0.15) is 0 Å². The van der Waals surface area contributed by atoms with E-state index in [1.807, 2.05) is 51.2 Å². The summed E-state index contributed by atoms with van der Waals surface area (Å²) in [7, 11) is 1.97. The Labute approximate surface area is 132 Å². The highest BCUT2D eigenvalue weighted by molar-refractivity contribution is 5.83. The van der Waals surface area contributed by atoms with Gasteiger partial charge in [-0.1, -0.05) is 30.3 Å². The smallest absolute Gasteiger partial charge is 0.226 e. The van der Waals surface area contributed by atoms with Gasteiger partial charge < -0.3 is 15.5 Å². The first kappa shape index (κ1) is 16.5. The molecule has 5 heteroatoms. The zero-order valence-corrected chi connectivity index (χ0v) is 13.5. The number of nitrogens with zero attached hydrogens (tertiary/aromatic N) is 1. The van der Waals surface area contributed by atoms with Crippen molar-refractivity contribution >= 4 is 11.8 Å². The van der Waals surface area contributed by atoms with E-state index in [1.54, 1.807) is 0 Å². The summed E-state index contributed by atoms with van der Waals surface area (Å²) < 4.78 is 0. The maximum absolute atomic E-state index is 12.3. The Kier molecular flexibility index (Phi) is 5.55. The molecule has 2 amide bonds. The molecule has 1 fully saturated rings. The molecule has 1 aromatic rings. The van der Waals surface area contributed by atoms with E-state index < -0.39 is 0 Å². The van der Waals surface area contributed by atoms with Gasteiger partial charge >= 0.3 is 0 Å². The van der Waals surface area contributed by atoms with Gasteiger partial charge in [-0.15, -0.1) is 0 Å². The van der Waals surface area contributed by atoms with Crippen molar-refractivity contribution in [3.05, 3.63) is 35.9 Å². The number of carbonyl (C=O) groups is 2. The fourth-order valence-electron chi connectivity index (χ4n) is 2.84. The molecule has 1 saturated heterocycles. The van der Waals surface area contributed by atoms with Gasteiger partial charge in [0.2, 0.25) is 11.8 Å². The quantitative estimate of drug-likeness (QED) is 0.846. The van der Waals surface area contributed by atoms with Gasteiger partial charge in [-0.3, -0.25) is 9.59 Å². The molecule has 120 valence electrons. The standard InChI is InChI=1S/C17H25N3O2/c1-12(2)18-17(22)14-10-20(3)11-15(14)19-16(21)9-13-7-5-4-6-8-13/h4-8,12,14-15H,9-11H2,1-3H3,(H,18,22)(H,19,21). The number of benzene rings is 1. The first-order valence-electron chi connectivity index (χ1n) is 7.78. The molecule has 22 heavy (non-hydrogen) atoms. The molecule has 2 N–H and O–H groups in total. The number of amides is 2. The molecule has 1 heterocycles. The van der Waals surface area contributed by atoms with Crippen LogP contribution in [0.2, 0.25) is 0 Å². The van der Waals surface area contributed by atoms with Crippen LogP contribution in [0.15, 0.2) is 30.3 Å². The Bertz CT molecular complexity index is 516. The normalized spacial score (nSPS) is 21.8. The molecule has 0 saturated carbocycles. The van der Waals surface area contributed by atoms with Crippen LogP contribution in [0, 0.1) is 5.92 Å². The number of likely N-dealkylation sites (N-methyl/N-ethyl adjacent to an activating group) is 1. The summed E-state index contributed by atoms with van der Waals surface area (Å²) in [5.74, 6) is -0.203. The van der Waals surface area contributed by atoms with Gasteiger partial charge in [-0.05, 0) is 26.5 Å². The predicted molar refractivity (Wildman–Crippen MR) is 86.3 cm³/mol. The van der Waals surface area contributed by atoms with Gasteiger partial charge in [0.1, 0.15) is 0 Å². The molecular formula is C17H25N3O2. The van der Waals surface area contributed by atoms with Crippen molar-refractivity contribution in [2.75, 3.05) is 20.1 Å². The maximum atomic E-state index is 12.3. The van der Waals surface area contributed by atoms with Crippen molar-refractivity contribution in [2.24, 2.45) is 5.92 Å². The number of hydrogen-bond acceptors (Lipinski definition) is 3. The summed E-state index contributed by atoms with van der Waals surface area (Å²) in [5.41, 5.74) is 0.981. The minimum absolute atomic E-state index is 0.0179. The molecule has 0 bridgehead atoms. The van der Waals surface area contributed by atoms with E-state index in [0.29, 0.717) is 19.5 Å². The molecule has 0 aromatic heterocycles. The molecule has 1 aliphatic rings. The van der Waals surface area contributed by atoms with E-state index in [9.17, 15) is 9.59 Å². The largest absolute Gasteiger partial charge is 0.354 e. The lowest BCUT2D eigenvalue weighted by Crippen LogP contribution is -2.47. The molecule has 1 aromatic carbocycles. The minimum Gasteiger partial charge on any atom is -0.354 e. The lowest BCUT2D eigenvalue weighted by Gasteiger charge is -2.20. The Morgan fingerprint density at radius 3 is 2.55 bits per heavy atom. The highest BCUT2D eigenvalue weighted by Crippen LogP contribution is 2.16. The molecule has 1 aliphatic heterocycles. The average Bonchev–Trinajstić information content (AvgIpc) is 2.79. The highest BCUT2D eigenvalue weighted by atomic mass is 16.2. The number of rotatable bonds is 5. The third kappa shape index (κ3) is 4.56. The van der Waals surface area contributed by atoms with Crippen LogP contribution in [0.1, 0.15) is 19.4 Å². The first-order valence-corrected chi connectivity index (χ1v) is 7.78. The second-order valence-electron chi connectivity index (χ2n) is 6.33. The van der Waals surface area contributed by atoms with Crippen LogP contribution in [0.4, 0.5) is 0 Å². The average molecular weight is 303 g/mol. The molecule has 0 radical (unpaired) electrons. The van der Waals surface area contributed by atoms with Crippen molar-refractivity contribution in [2.45, 2.75) is 32.4 Å². The number of hydrogen-bond donors (Lipinski definition) is 2. The molecule has 5 nitrogen and oxygen atoms in total. The van der Waals surface area contributed by atoms with Gasteiger partial charge in [-0.25, -0.2) is 0 Å². The van der Waals surface area contributed by atoms with Crippen molar-refractivity contribution in [1.82, 2.24) is 15.5 Å².